The number of benzene rings is 17. The minimum Gasteiger partial charge on any atom is -0.310 e. The molecule has 2 aliphatic heterocycles. The largest absolute Gasteiger partial charge is 0.310 e. The minimum absolute atomic E-state index is 0.276. The Balaban J connectivity index is 0.929. The maximum absolute atomic E-state index is 2.79. The molecule has 0 N–H and O–H groups in total. The van der Waals surface area contributed by atoms with Gasteiger partial charge in [-0.15, -0.1) is 0 Å². The first-order valence-corrected chi connectivity index (χ1v) is 47.4. The highest BCUT2D eigenvalue weighted by molar-refractivity contribution is 7.00. The van der Waals surface area contributed by atoms with E-state index in [1.807, 2.05) is 0 Å². The number of anilines is 6. The molecule has 0 saturated heterocycles. The Morgan fingerprint density at radius 1 is 0.214 bits per heavy atom. The summed E-state index contributed by atoms with van der Waals surface area (Å²) in [6.07, 6.45) is 0. The standard InChI is InChI=1S/C126H115BN4/c1-78(2)86-50-58-113-107(66-86)108-67-87(79(3)4)51-59-114(108)128(113)101-54-56-111-117(76-101)130(122-103(84-38-26-20-27-39-84)70-98(124(9,10)11)72-105(122)96-48-32-46-94(64-96)92-44-30-42-90(62-92)82-34-22-18-23-35-82)119-74-100(126(15,16)17)75-120-121(119)127(111)112-57-55-102(129-115-60-52-88(80(5)6)68-109(115)110-69-89(81(7)8)53-61-116(110)129)77-118(112)131(120)123-104(85-40-28-21-29-41-85)71-99(125(12,13)14)73-106(123)97-49-33-47-95(65-97)93-45-31-43-91(63-93)83-36-24-19-25-37-83/h18-81H,1-17H3. The van der Waals surface area contributed by atoms with Crippen molar-refractivity contribution in [2.24, 2.45) is 0 Å². The van der Waals surface area contributed by atoms with Crippen LogP contribution in [0, 0.1) is 0 Å². The molecule has 0 radical (unpaired) electrons. The maximum atomic E-state index is 2.79. The first-order valence-electron chi connectivity index (χ1n) is 47.4. The third-order valence-electron chi connectivity index (χ3n) is 28.2. The van der Waals surface area contributed by atoms with Gasteiger partial charge < -0.3 is 18.9 Å². The Bertz CT molecular complexity index is 7130. The highest BCUT2D eigenvalue weighted by Gasteiger charge is 2.47. The molecule has 19 aromatic rings. The molecule has 0 bridgehead atoms. The van der Waals surface area contributed by atoms with Crippen LogP contribution in [0.25, 0.3) is 144 Å². The van der Waals surface area contributed by atoms with Crippen molar-refractivity contribution in [3.63, 3.8) is 0 Å². The lowest BCUT2D eigenvalue weighted by atomic mass is 9.33. The summed E-state index contributed by atoms with van der Waals surface area (Å²) in [5.41, 5.74) is 44.0. The summed E-state index contributed by atoms with van der Waals surface area (Å²) < 4.78 is 5.18. The summed E-state index contributed by atoms with van der Waals surface area (Å²) in [5.74, 6) is 1.36. The molecular weight excluding hydrogens is 1580 g/mol. The third kappa shape index (κ3) is 14.9. The van der Waals surface area contributed by atoms with Crippen LogP contribution < -0.4 is 26.2 Å². The Morgan fingerprint density at radius 2 is 0.466 bits per heavy atom. The SMILES string of the molecule is CC(C)c1ccc2c(c1)c1cc(C(C)C)ccc1n2-c1ccc2c(c1)N(c1c(-c3ccccc3)cc(C(C)(C)C)cc1-c1cccc(-c3cccc(-c4ccccc4)c3)c1)c1cc(C(C)(C)C)cc3c1B2c1ccc(-n2c4ccc(C(C)C)cc4c4cc(C(C)C)ccc42)cc1N3c1c(-c2ccccc2)cc(C(C)(C)C)cc1-c1cccc(-c2cccc(-c3ccccc3)c2)c1. The topological polar surface area (TPSA) is 16.3 Å². The van der Waals surface area contributed by atoms with Gasteiger partial charge in [0, 0.05) is 77.9 Å². The first kappa shape index (κ1) is 83.9. The quantitative estimate of drug-likeness (QED) is 0.0897. The van der Waals surface area contributed by atoms with E-state index in [0.717, 1.165) is 112 Å². The van der Waals surface area contributed by atoms with Crippen molar-refractivity contribution in [1.82, 2.24) is 9.13 Å². The van der Waals surface area contributed by atoms with E-state index < -0.39 is 5.41 Å². The molecular formula is C126H115BN4. The number of hydrogen-bond acceptors (Lipinski definition) is 2. The zero-order valence-electron chi connectivity index (χ0n) is 78.8. The van der Waals surface area contributed by atoms with Gasteiger partial charge in [0.25, 0.3) is 6.71 Å². The van der Waals surface area contributed by atoms with Crippen molar-refractivity contribution < 1.29 is 0 Å². The van der Waals surface area contributed by atoms with Gasteiger partial charge in [-0.05, 0) is 295 Å². The van der Waals surface area contributed by atoms with Gasteiger partial charge in [-0.25, -0.2) is 0 Å². The average molecular weight is 1700 g/mol. The van der Waals surface area contributed by atoms with E-state index in [2.05, 4.69) is 501 Å². The molecule has 17 aromatic carbocycles. The lowest BCUT2D eigenvalue weighted by Gasteiger charge is -2.47. The van der Waals surface area contributed by atoms with Crippen molar-refractivity contribution in [1.29, 1.82) is 0 Å². The maximum Gasteiger partial charge on any atom is 0.252 e. The van der Waals surface area contributed by atoms with Crippen LogP contribution in [0.5, 0.6) is 0 Å². The van der Waals surface area contributed by atoms with E-state index in [1.165, 1.54) is 121 Å². The van der Waals surface area contributed by atoms with Gasteiger partial charge >= 0.3 is 0 Å². The van der Waals surface area contributed by atoms with Crippen molar-refractivity contribution in [2.75, 3.05) is 9.80 Å². The molecule has 0 amide bonds. The second kappa shape index (κ2) is 32.6. The molecule has 0 saturated carbocycles. The van der Waals surface area contributed by atoms with E-state index in [-0.39, 0.29) is 17.5 Å². The molecule has 0 aliphatic carbocycles. The average Bonchev–Trinajstić information content (AvgIpc) is 1.29. The molecule has 4 nitrogen and oxygen atoms in total. The van der Waals surface area contributed by atoms with Gasteiger partial charge in [-0.3, -0.25) is 0 Å². The summed E-state index contributed by atoms with van der Waals surface area (Å²) in [4.78, 5) is 5.58. The fourth-order valence-corrected chi connectivity index (χ4v) is 20.8. The Kier molecular flexibility index (Phi) is 20.9. The van der Waals surface area contributed by atoms with Gasteiger partial charge in [-0.1, -0.05) is 348 Å². The van der Waals surface area contributed by atoms with Gasteiger partial charge in [-0.2, -0.15) is 0 Å². The summed E-state index contributed by atoms with van der Waals surface area (Å²) in [7, 11) is 0. The summed E-state index contributed by atoms with van der Waals surface area (Å²) in [5, 5.41) is 5.07. The van der Waals surface area contributed by atoms with Crippen LogP contribution in [0.2, 0.25) is 0 Å². The van der Waals surface area contributed by atoms with Crippen molar-refractivity contribution >= 4 is 101 Å². The number of nitrogens with zero attached hydrogens (tertiary/aromatic N) is 4. The zero-order chi connectivity index (χ0) is 90.4. The Hall–Kier alpha value is -14.0. The molecule has 0 spiro atoms. The van der Waals surface area contributed by atoms with Crippen LogP contribution in [0.3, 0.4) is 0 Å². The van der Waals surface area contributed by atoms with Crippen LogP contribution in [-0.4, -0.2) is 15.8 Å². The molecule has 131 heavy (non-hydrogen) atoms. The van der Waals surface area contributed by atoms with Crippen LogP contribution in [0.15, 0.2) is 364 Å². The Labute approximate surface area is 775 Å². The lowest BCUT2D eigenvalue weighted by Crippen LogP contribution is -2.61. The van der Waals surface area contributed by atoms with Gasteiger partial charge in [0.1, 0.15) is 0 Å². The smallest absolute Gasteiger partial charge is 0.252 e. The predicted molar refractivity (Wildman–Crippen MR) is 565 cm³/mol. The second-order valence-electron chi connectivity index (χ2n) is 41.3. The second-order valence-corrected chi connectivity index (χ2v) is 41.3. The van der Waals surface area contributed by atoms with Crippen molar-refractivity contribution in [2.45, 2.75) is 158 Å². The fraction of sp³-hybridized carbons (Fsp3) is 0.190. The molecule has 0 unspecified atom stereocenters. The highest BCUT2D eigenvalue weighted by atomic mass is 15.2. The normalized spacial score (nSPS) is 12.8. The molecule has 2 aliphatic rings. The molecule has 5 heteroatoms. The van der Waals surface area contributed by atoms with Crippen LogP contribution in [-0.2, 0) is 16.2 Å². The van der Waals surface area contributed by atoms with E-state index in [1.54, 1.807) is 0 Å². The number of rotatable bonds is 16. The summed E-state index contributed by atoms with van der Waals surface area (Å²) in [6.45, 7) is 39.9. The van der Waals surface area contributed by atoms with Gasteiger partial charge in [0.2, 0.25) is 0 Å². The summed E-state index contributed by atoms with van der Waals surface area (Å²) in [6, 6.07) is 141. The predicted octanol–water partition coefficient (Wildman–Crippen LogP) is 33.7. The fourth-order valence-electron chi connectivity index (χ4n) is 20.8. The number of fused-ring (bicyclic) bond motifs is 10. The van der Waals surface area contributed by atoms with Crippen molar-refractivity contribution in [3.8, 4) is 100 Å². The Morgan fingerprint density at radius 3 is 0.756 bits per heavy atom. The van der Waals surface area contributed by atoms with E-state index in [4.69, 9.17) is 0 Å². The van der Waals surface area contributed by atoms with Crippen LogP contribution in [0.1, 0.15) is 180 Å². The molecule has 642 valence electrons. The van der Waals surface area contributed by atoms with Crippen LogP contribution in [0.4, 0.5) is 34.1 Å². The monoisotopic (exact) mass is 1690 g/mol. The minimum atomic E-state index is -0.407. The molecule has 0 atom stereocenters. The van der Waals surface area contributed by atoms with Crippen molar-refractivity contribution in [3.05, 3.63) is 403 Å². The van der Waals surface area contributed by atoms with Gasteiger partial charge in [0.15, 0.2) is 0 Å². The highest BCUT2D eigenvalue weighted by Crippen LogP contribution is 2.57. The molecule has 2 aromatic heterocycles. The third-order valence-corrected chi connectivity index (χ3v) is 28.2. The van der Waals surface area contributed by atoms with E-state index >= 15 is 0 Å². The molecule has 21 rings (SSSR count). The number of hydrogen-bond donors (Lipinski definition) is 0. The number of aromatic nitrogens is 2. The van der Waals surface area contributed by atoms with E-state index in [0.29, 0.717) is 23.7 Å². The lowest BCUT2D eigenvalue weighted by molar-refractivity contribution is 0.590. The van der Waals surface area contributed by atoms with Gasteiger partial charge in [0.05, 0.1) is 33.4 Å². The van der Waals surface area contributed by atoms with E-state index in [9.17, 15) is 0 Å². The summed E-state index contributed by atoms with van der Waals surface area (Å²) >= 11 is 0. The van der Waals surface area contributed by atoms with Crippen LogP contribution >= 0.6 is 0 Å². The molecule has 4 heterocycles. The molecule has 0 fully saturated rings. The zero-order valence-corrected chi connectivity index (χ0v) is 78.8. The first-order chi connectivity index (χ1) is 63.1.